The van der Waals surface area contributed by atoms with Gasteiger partial charge in [0.1, 0.15) is 0 Å². The topological polar surface area (TPSA) is 17.1 Å². The number of Topliss-reactive ketones (excluding diaryl/α,β-unsaturated/α-hetero) is 1. The monoisotopic (exact) mass is 244 g/mol. The third-order valence-electron chi connectivity index (χ3n) is 1.49. The lowest BCUT2D eigenvalue weighted by atomic mass is 10.1. The van der Waals surface area contributed by atoms with Crippen molar-refractivity contribution in [2.75, 3.05) is 0 Å². The Bertz CT molecular complexity index is 314. The van der Waals surface area contributed by atoms with E-state index in [4.69, 9.17) is 0 Å². The first kappa shape index (κ1) is 9.68. The zero-order valence-electron chi connectivity index (χ0n) is 6.76. The molecule has 0 aliphatic heterocycles. The van der Waals surface area contributed by atoms with E-state index in [0.717, 1.165) is 9.35 Å². The first-order valence-electron chi connectivity index (χ1n) is 3.52. The summed E-state index contributed by atoms with van der Waals surface area (Å²) in [5.74, 6) is 0.109. The molecule has 3 heteroatoms. The number of hydrogen-bond donors (Lipinski definition) is 0. The largest absolute Gasteiger partial charge is 0.294 e. The number of thiophene rings is 1. The fourth-order valence-electron chi connectivity index (χ4n) is 0.748. The molecule has 1 nitrogen and oxygen atoms in total. The number of carbonyl (C=O) groups is 1. The van der Waals surface area contributed by atoms with Gasteiger partial charge < -0.3 is 0 Å². The second kappa shape index (κ2) is 4.01. The van der Waals surface area contributed by atoms with E-state index in [1.165, 1.54) is 0 Å². The van der Waals surface area contributed by atoms with Crippen molar-refractivity contribution < 1.29 is 4.79 Å². The minimum Gasteiger partial charge on any atom is -0.294 e. The van der Waals surface area contributed by atoms with E-state index in [1.54, 1.807) is 18.3 Å². The van der Waals surface area contributed by atoms with Crippen LogP contribution in [-0.4, -0.2) is 5.78 Å². The van der Waals surface area contributed by atoms with Crippen LogP contribution in [0.1, 0.15) is 11.8 Å². The number of rotatable bonds is 3. The van der Waals surface area contributed by atoms with Gasteiger partial charge in [0, 0.05) is 15.8 Å². The molecule has 0 aliphatic rings. The molecule has 0 saturated heterocycles. The molecule has 0 unspecified atom stereocenters. The van der Waals surface area contributed by atoms with Gasteiger partial charge in [-0.15, -0.1) is 11.3 Å². The fraction of sp³-hybridized carbons (Fsp3) is 0.222. The lowest BCUT2D eigenvalue weighted by Crippen LogP contribution is -2.01. The molecule has 0 fully saturated rings. The van der Waals surface area contributed by atoms with E-state index < -0.39 is 0 Å². The Labute approximate surface area is 84.2 Å². The van der Waals surface area contributed by atoms with Crippen molar-refractivity contribution in [3.05, 3.63) is 32.9 Å². The minimum atomic E-state index is 0.109. The summed E-state index contributed by atoms with van der Waals surface area (Å²) in [4.78, 5) is 12.3. The van der Waals surface area contributed by atoms with Crippen LogP contribution in [0.4, 0.5) is 0 Å². The molecule has 0 saturated carbocycles. The van der Waals surface area contributed by atoms with Gasteiger partial charge in [0.15, 0.2) is 5.78 Å². The van der Waals surface area contributed by atoms with Crippen molar-refractivity contribution in [2.45, 2.75) is 13.3 Å². The summed E-state index contributed by atoms with van der Waals surface area (Å²) in [6, 6.07) is 1.95. The first-order chi connectivity index (χ1) is 5.61. The third-order valence-corrected chi connectivity index (χ3v) is 3.41. The molecule has 1 aromatic rings. The number of halogens is 1. The van der Waals surface area contributed by atoms with Crippen LogP contribution >= 0.6 is 27.3 Å². The summed E-state index contributed by atoms with van der Waals surface area (Å²) < 4.78 is 1.02. The van der Waals surface area contributed by atoms with Gasteiger partial charge in [0.2, 0.25) is 0 Å². The molecule has 0 amide bonds. The zero-order valence-corrected chi connectivity index (χ0v) is 9.17. The molecule has 12 heavy (non-hydrogen) atoms. The standard InChI is InChI=1S/C9H9BrOS/c1-6(2)8(11)5-9-7(10)3-4-12-9/h3-4H,1,5H2,2H3. The van der Waals surface area contributed by atoms with Gasteiger partial charge in [-0.3, -0.25) is 4.79 Å². The van der Waals surface area contributed by atoms with Crippen molar-refractivity contribution in [1.29, 1.82) is 0 Å². The summed E-state index contributed by atoms with van der Waals surface area (Å²) >= 11 is 4.96. The SMILES string of the molecule is C=C(C)C(=O)Cc1sccc1Br. The van der Waals surface area contributed by atoms with Gasteiger partial charge >= 0.3 is 0 Å². The average Bonchev–Trinajstić information content (AvgIpc) is 2.36. The molecule has 0 spiro atoms. The van der Waals surface area contributed by atoms with Crippen molar-refractivity contribution >= 4 is 33.0 Å². The zero-order chi connectivity index (χ0) is 9.14. The van der Waals surface area contributed by atoms with Crippen LogP contribution in [0, 0.1) is 0 Å². The molecule has 0 bridgehead atoms. The molecule has 0 N–H and O–H groups in total. The highest BCUT2D eigenvalue weighted by Crippen LogP contribution is 2.23. The molecule has 0 aliphatic carbocycles. The normalized spacial score (nSPS) is 9.83. The van der Waals surface area contributed by atoms with Crippen molar-refractivity contribution in [3.63, 3.8) is 0 Å². The van der Waals surface area contributed by atoms with Gasteiger partial charge in [-0.25, -0.2) is 0 Å². The van der Waals surface area contributed by atoms with Gasteiger partial charge in [-0.05, 0) is 39.9 Å². The van der Waals surface area contributed by atoms with Crippen LogP contribution in [-0.2, 0) is 11.2 Å². The Morgan fingerprint density at radius 3 is 2.83 bits per heavy atom. The van der Waals surface area contributed by atoms with Gasteiger partial charge in [-0.1, -0.05) is 6.58 Å². The predicted octanol–water partition coefficient (Wildman–Crippen LogP) is 3.20. The van der Waals surface area contributed by atoms with Crippen molar-refractivity contribution in [1.82, 2.24) is 0 Å². The van der Waals surface area contributed by atoms with E-state index in [9.17, 15) is 4.79 Å². The Morgan fingerprint density at radius 2 is 2.42 bits per heavy atom. The number of allylic oxidation sites excluding steroid dienone is 1. The van der Waals surface area contributed by atoms with E-state index in [1.807, 2.05) is 11.4 Å². The van der Waals surface area contributed by atoms with Crippen LogP contribution < -0.4 is 0 Å². The van der Waals surface area contributed by atoms with Gasteiger partial charge in [-0.2, -0.15) is 0 Å². The molecule has 64 valence electrons. The van der Waals surface area contributed by atoms with Crippen LogP contribution in [0.15, 0.2) is 28.1 Å². The highest BCUT2D eigenvalue weighted by molar-refractivity contribution is 9.10. The minimum absolute atomic E-state index is 0.109. The smallest absolute Gasteiger partial charge is 0.163 e. The maximum atomic E-state index is 11.2. The lowest BCUT2D eigenvalue weighted by molar-refractivity contribution is -0.114. The summed E-state index contributed by atoms with van der Waals surface area (Å²) in [6.45, 7) is 5.34. The Balaban J connectivity index is 2.71. The van der Waals surface area contributed by atoms with Crippen LogP contribution in [0.3, 0.4) is 0 Å². The Kier molecular flexibility index (Phi) is 3.23. The average molecular weight is 245 g/mol. The molecule has 0 radical (unpaired) electrons. The summed E-state index contributed by atoms with van der Waals surface area (Å²) in [7, 11) is 0. The van der Waals surface area contributed by atoms with Gasteiger partial charge in [0.25, 0.3) is 0 Å². The highest BCUT2D eigenvalue weighted by atomic mass is 79.9. The molecular formula is C9H9BrOS. The Hall–Kier alpha value is -0.410. The third kappa shape index (κ3) is 2.29. The summed E-state index contributed by atoms with van der Waals surface area (Å²) in [5.41, 5.74) is 0.621. The Morgan fingerprint density at radius 1 is 1.75 bits per heavy atom. The second-order valence-electron chi connectivity index (χ2n) is 2.57. The maximum Gasteiger partial charge on any atom is 0.163 e. The highest BCUT2D eigenvalue weighted by Gasteiger charge is 2.07. The number of ketones is 1. The maximum absolute atomic E-state index is 11.2. The van der Waals surface area contributed by atoms with Crippen molar-refractivity contribution in [3.8, 4) is 0 Å². The summed E-state index contributed by atoms with van der Waals surface area (Å²) in [6.07, 6.45) is 0.466. The molecule has 1 rings (SSSR count). The molecular weight excluding hydrogens is 236 g/mol. The molecule has 0 aromatic carbocycles. The van der Waals surface area contributed by atoms with Crippen molar-refractivity contribution in [2.24, 2.45) is 0 Å². The van der Waals surface area contributed by atoms with E-state index in [0.29, 0.717) is 12.0 Å². The lowest BCUT2D eigenvalue weighted by Gasteiger charge is -1.96. The van der Waals surface area contributed by atoms with E-state index >= 15 is 0 Å². The number of carbonyl (C=O) groups excluding carboxylic acids is 1. The van der Waals surface area contributed by atoms with Gasteiger partial charge in [0.05, 0.1) is 0 Å². The molecule has 0 atom stereocenters. The van der Waals surface area contributed by atoms with E-state index in [-0.39, 0.29) is 5.78 Å². The quantitative estimate of drug-likeness (QED) is 0.747. The number of hydrogen-bond acceptors (Lipinski definition) is 2. The van der Waals surface area contributed by atoms with Crippen LogP contribution in [0.2, 0.25) is 0 Å². The fourth-order valence-corrected chi connectivity index (χ4v) is 2.24. The predicted molar refractivity (Wildman–Crippen MR) is 55.5 cm³/mol. The van der Waals surface area contributed by atoms with E-state index in [2.05, 4.69) is 22.5 Å². The molecule has 1 aromatic heterocycles. The summed E-state index contributed by atoms with van der Waals surface area (Å²) in [5, 5.41) is 1.96. The first-order valence-corrected chi connectivity index (χ1v) is 5.19. The second-order valence-corrected chi connectivity index (χ2v) is 4.43. The van der Waals surface area contributed by atoms with Crippen LogP contribution in [0.25, 0.3) is 0 Å². The van der Waals surface area contributed by atoms with Crippen LogP contribution in [0.5, 0.6) is 0 Å². The molecule has 1 heterocycles.